The molecule has 1 aromatic heterocycles. The van der Waals surface area contributed by atoms with Crippen molar-refractivity contribution in [3.63, 3.8) is 0 Å². The number of nitrogens with two attached hydrogens (primary N) is 1. The molecule has 1 heterocycles. The van der Waals surface area contributed by atoms with E-state index in [2.05, 4.69) is 15.5 Å². The number of hydrogen-bond donors (Lipinski definition) is 2. The fourth-order valence-corrected chi connectivity index (χ4v) is 3.58. The van der Waals surface area contributed by atoms with Crippen LogP contribution in [0.15, 0.2) is 53.7 Å². The molecule has 2 aromatic carbocycles. The third-order valence-corrected chi connectivity index (χ3v) is 5.26. The molecule has 0 bridgehead atoms. The average molecular weight is 426 g/mol. The summed E-state index contributed by atoms with van der Waals surface area (Å²) < 4.78 is 7.69. The Morgan fingerprint density at radius 3 is 2.57 bits per heavy atom. The molecule has 30 heavy (non-hydrogen) atoms. The van der Waals surface area contributed by atoms with E-state index in [1.54, 1.807) is 24.3 Å². The topological polar surface area (TPSA) is 112 Å². The van der Waals surface area contributed by atoms with Crippen LogP contribution < -0.4 is 15.8 Å². The molecule has 0 aliphatic heterocycles. The van der Waals surface area contributed by atoms with Gasteiger partial charge in [0.05, 0.1) is 17.0 Å². The first-order valence-electron chi connectivity index (χ1n) is 9.41. The van der Waals surface area contributed by atoms with Crippen molar-refractivity contribution in [2.24, 2.45) is 5.73 Å². The lowest BCUT2D eigenvalue weighted by Gasteiger charge is -2.10. The second-order valence-corrected chi connectivity index (χ2v) is 7.43. The third-order valence-electron chi connectivity index (χ3n) is 4.30. The Morgan fingerprint density at radius 1 is 1.13 bits per heavy atom. The van der Waals surface area contributed by atoms with Crippen LogP contribution in [-0.4, -0.2) is 32.3 Å². The Labute approximate surface area is 178 Å². The highest BCUT2D eigenvalue weighted by atomic mass is 32.2. The van der Waals surface area contributed by atoms with Crippen molar-refractivity contribution in [1.82, 2.24) is 14.8 Å². The van der Waals surface area contributed by atoms with Gasteiger partial charge in [-0.15, -0.1) is 10.2 Å². The van der Waals surface area contributed by atoms with E-state index in [0.29, 0.717) is 23.2 Å². The minimum atomic E-state index is -0.595. The lowest BCUT2D eigenvalue weighted by atomic mass is 10.1. The number of nitrogens with one attached hydrogen (secondary N) is 1. The quantitative estimate of drug-likeness (QED) is 0.510. The molecule has 0 spiro atoms. The molecule has 0 saturated heterocycles. The second kappa shape index (κ2) is 9.93. The molecule has 0 saturated carbocycles. The molecule has 3 N–H and O–H groups in total. The van der Waals surface area contributed by atoms with Crippen molar-refractivity contribution in [3.8, 4) is 5.75 Å². The van der Waals surface area contributed by atoms with Crippen LogP contribution >= 0.6 is 11.8 Å². The van der Waals surface area contributed by atoms with Crippen molar-refractivity contribution in [1.29, 1.82) is 0 Å². The maximum Gasteiger partial charge on any atom is 0.250 e. The van der Waals surface area contributed by atoms with Crippen molar-refractivity contribution < 1.29 is 14.3 Å². The van der Waals surface area contributed by atoms with Gasteiger partial charge >= 0.3 is 0 Å². The van der Waals surface area contributed by atoms with Crippen LogP contribution in [0, 0.1) is 6.92 Å². The summed E-state index contributed by atoms with van der Waals surface area (Å²) in [6, 6.07) is 14.4. The number of ether oxygens (including phenoxy) is 1. The van der Waals surface area contributed by atoms with E-state index in [9.17, 15) is 9.59 Å². The zero-order chi connectivity index (χ0) is 21.5. The monoisotopic (exact) mass is 425 g/mol. The lowest BCUT2D eigenvalue weighted by Crippen LogP contribution is -2.19. The highest BCUT2D eigenvalue weighted by Gasteiger charge is 2.15. The molecule has 9 heteroatoms. The average Bonchev–Trinajstić information content (AvgIpc) is 3.14. The number of benzene rings is 2. The van der Waals surface area contributed by atoms with Crippen LogP contribution in [-0.2, 0) is 17.9 Å². The minimum absolute atomic E-state index is 0.115. The summed E-state index contributed by atoms with van der Waals surface area (Å²) in [5.74, 6) is 0.691. The van der Waals surface area contributed by atoms with E-state index >= 15 is 0 Å². The predicted octanol–water partition coefficient (Wildman–Crippen LogP) is 3.02. The molecular formula is C21H23N5O3S. The van der Waals surface area contributed by atoms with Crippen molar-refractivity contribution in [3.05, 3.63) is 65.5 Å². The molecule has 156 valence electrons. The normalized spacial score (nSPS) is 10.6. The van der Waals surface area contributed by atoms with Gasteiger partial charge in [0.1, 0.15) is 12.4 Å². The Morgan fingerprint density at radius 2 is 1.87 bits per heavy atom. The minimum Gasteiger partial charge on any atom is -0.486 e. The van der Waals surface area contributed by atoms with E-state index in [4.69, 9.17) is 10.5 Å². The number of carbonyl (C=O) groups excluding carboxylic acids is 2. The maximum atomic E-state index is 12.3. The number of primary amides is 1. The van der Waals surface area contributed by atoms with Gasteiger partial charge in [0.25, 0.3) is 5.91 Å². The summed E-state index contributed by atoms with van der Waals surface area (Å²) in [5.41, 5.74) is 7.16. The summed E-state index contributed by atoms with van der Waals surface area (Å²) in [6.07, 6.45) is 0. The zero-order valence-corrected chi connectivity index (χ0v) is 17.6. The first-order valence-corrected chi connectivity index (χ1v) is 10.4. The molecular weight excluding hydrogens is 402 g/mol. The molecule has 0 unspecified atom stereocenters. The third kappa shape index (κ3) is 5.38. The SMILES string of the molecule is CCn1c(COc2ccc(C)cc2)nnc1SCC(=O)Nc1ccccc1C(N)=O. The maximum absolute atomic E-state index is 12.3. The summed E-state index contributed by atoms with van der Waals surface area (Å²) in [4.78, 5) is 23.8. The van der Waals surface area contributed by atoms with Crippen LogP contribution in [0.3, 0.4) is 0 Å². The molecule has 0 atom stereocenters. The molecule has 3 rings (SSSR count). The van der Waals surface area contributed by atoms with Crippen molar-refractivity contribution in [2.45, 2.75) is 32.2 Å². The number of hydrogen-bond acceptors (Lipinski definition) is 6. The number of para-hydroxylation sites is 1. The zero-order valence-electron chi connectivity index (χ0n) is 16.8. The first kappa shape index (κ1) is 21.4. The molecule has 8 nitrogen and oxygen atoms in total. The summed E-state index contributed by atoms with van der Waals surface area (Å²) in [7, 11) is 0. The predicted molar refractivity (Wildman–Crippen MR) is 116 cm³/mol. The number of aryl methyl sites for hydroxylation is 1. The summed E-state index contributed by atoms with van der Waals surface area (Å²) >= 11 is 1.26. The van der Waals surface area contributed by atoms with Crippen LogP contribution in [0.2, 0.25) is 0 Å². The van der Waals surface area contributed by atoms with Gasteiger partial charge in [-0.3, -0.25) is 9.59 Å². The van der Waals surface area contributed by atoms with Crippen molar-refractivity contribution >= 4 is 29.3 Å². The summed E-state index contributed by atoms with van der Waals surface area (Å²) in [6.45, 7) is 4.92. The number of aromatic nitrogens is 3. The molecule has 2 amide bonds. The van der Waals surface area contributed by atoms with Gasteiger partial charge in [-0.1, -0.05) is 41.6 Å². The number of anilines is 1. The smallest absolute Gasteiger partial charge is 0.250 e. The largest absolute Gasteiger partial charge is 0.486 e. The molecule has 3 aromatic rings. The lowest BCUT2D eigenvalue weighted by molar-refractivity contribution is -0.113. The van der Waals surface area contributed by atoms with Crippen LogP contribution in [0.1, 0.15) is 28.7 Å². The number of thioether (sulfide) groups is 1. The van der Waals surface area contributed by atoms with Gasteiger partial charge in [-0.05, 0) is 38.1 Å². The van der Waals surface area contributed by atoms with Gasteiger partial charge in [-0.2, -0.15) is 0 Å². The number of carbonyl (C=O) groups is 2. The highest BCUT2D eigenvalue weighted by Crippen LogP contribution is 2.20. The van der Waals surface area contributed by atoms with Gasteiger partial charge in [-0.25, -0.2) is 0 Å². The Bertz CT molecular complexity index is 1030. The standard InChI is InChI=1S/C21H23N5O3S/c1-3-26-18(12-29-15-10-8-14(2)9-11-15)24-25-21(26)30-13-19(27)23-17-7-5-4-6-16(17)20(22)28/h4-11H,3,12-13H2,1-2H3,(H2,22,28)(H,23,27). The molecule has 0 radical (unpaired) electrons. The fourth-order valence-electron chi connectivity index (χ4n) is 2.76. The van der Waals surface area contributed by atoms with Crippen LogP contribution in [0.25, 0.3) is 0 Å². The van der Waals surface area contributed by atoms with E-state index in [-0.39, 0.29) is 23.8 Å². The Kier molecular flexibility index (Phi) is 7.08. The Hall–Kier alpha value is -3.33. The van der Waals surface area contributed by atoms with Gasteiger partial charge in [0.2, 0.25) is 5.91 Å². The van der Waals surface area contributed by atoms with Crippen LogP contribution in [0.4, 0.5) is 5.69 Å². The van der Waals surface area contributed by atoms with Gasteiger partial charge in [0, 0.05) is 6.54 Å². The second-order valence-electron chi connectivity index (χ2n) is 6.49. The van der Waals surface area contributed by atoms with Gasteiger partial charge < -0.3 is 20.4 Å². The number of amides is 2. The fraction of sp³-hybridized carbons (Fsp3) is 0.238. The number of rotatable bonds is 9. The molecule has 0 fully saturated rings. The Balaban J connectivity index is 1.60. The molecule has 0 aliphatic rings. The molecule has 0 aliphatic carbocycles. The van der Waals surface area contributed by atoms with E-state index < -0.39 is 5.91 Å². The van der Waals surface area contributed by atoms with E-state index in [1.807, 2.05) is 42.7 Å². The number of nitrogens with zero attached hydrogens (tertiary/aromatic N) is 3. The highest BCUT2D eigenvalue weighted by molar-refractivity contribution is 7.99. The first-order chi connectivity index (χ1) is 14.5. The van der Waals surface area contributed by atoms with Gasteiger partial charge in [0.15, 0.2) is 11.0 Å². The summed E-state index contributed by atoms with van der Waals surface area (Å²) in [5, 5.41) is 11.7. The van der Waals surface area contributed by atoms with E-state index in [1.165, 1.54) is 11.8 Å². The van der Waals surface area contributed by atoms with Crippen molar-refractivity contribution in [2.75, 3.05) is 11.1 Å². The van der Waals surface area contributed by atoms with Crippen LogP contribution in [0.5, 0.6) is 5.75 Å². The van der Waals surface area contributed by atoms with E-state index in [0.717, 1.165) is 11.3 Å².